The van der Waals surface area contributed by atoms with Crippen LogP contribution >= 0.6 is 31.9 Å². The van der Waals surface area contributed by atoms with E-state index < -0.39 is 0 Å². The van der Waals surface area contributed by atoms with E-state index in [9.17, 15) is 4.79 Å². The summed E-state index contributed by atoms with van der Waals surface area (Å²) in [5.41, 5.74) is 7.99. The minimum absolute atomic E-state index is 0.136. The van der Waals surface area contributed by atoms with Gasteiger partial charge in [0.2, 0.25) is 0 Å². The fourth-order valence-electron chi connectivity index (χ4n) is 1.78. The normalized spacial score (nSPS) is 10.3. The lowest BCUT2D eigenvalue weighted by Crippen LogP contribution is -2.12. The van der Waals surface area contributed by atoms with E-state index in [-0.39, 0.29) is 5.91 Å². The van der Waals surface area contributed by atoms with Crippen molar-refractivity contribution in [1.82, 2.24) is 0 Å². The molecular weight excluding hydrogens is 384 g/mol. The molecule has 2 aromatic rings. The van der Waals surface area contributed by atoms with Gasteiger partial charge in [-0.05, 0) is 64.8 Å². The third-order valence-electron chi connectivity index (χ3n) is 2.83. The van der Waals surface area contributed by atoms with Crippen molar-refractivity contribution in [3.05, 3.63) is 62.5 Å². The lowest BCUT2D eigenvalue weighted by Gasteiger charge is -2.08. The smallest absolute Gasteiger partial charge is 0.255 e. The van der Waals surface area contributed by atoms with Gasteiger partial charge in [-0.15, -0.1) is 0 Å². The van der Waals surface area contributed by atoms with Crippen molar-refractivity contribution in [3.8, 4) is 0 Å². The molecule has 0 heterocycles. The molecule has 0 aliphatic rings. The molecule has 0 fully saturated rings. The molecule has 3 nitrogen and oxygen atoms in total. The van der Waals surface area contributed by atoms with Gasteiger partial charge < -0.3 is 11.1 Å². The summed E-state index contributed by atoms with van der Waals surface area (Å²) < 4.78 is 1.75. The molecule has 0 aromatic heterocycles. The molecule has 0 spiro atoms. The number of amides is 1. The Kier molecular flexibility index (Phi) is 5.34. The fraction of sp³-hybridized carbons (Fsp3) is 0.133. The molecule has 2 aromatic carbocycles. The summed E-state index contributed by atoms with van der Waals surface area (Å²) >= 11 is 6.80. The van der Waals surface area contributed by atoms with Crippen LogP contribution in [0.5, 0.6) is 0 Å². The highest BCUT2D eigenvalue weighted by Gasteiger charge is 2.08. The Hall–Kier alpha value is -1.17. The monoisotopic (exact) mass is 396 g/mol. The molecule has 5 heteroatoms. The minimum Gasteiger partial charge on any atom is -0.330 e. The Morgan fingerprint density at radius 1 is 1.10 bits per heavy atom. The second kappa shape index (κ2) is 7.02. The standard InChI is InChI=1S/C15H14Br2N2O/c16-12-5-6-13(17)14(9-12)19-15(20)11-3-1-10(2-4-11)7-8-18/h1-6,9H,7-8,18H2,(H,19,20). The van der Waals surface area contributed by atoms with Crippen LogP contribution in [0, 0.1) is 0 Å². The van der Waals surface area contributed by atoms with Crippen molar-refractivity contribution < 1.29 is 4.79 Å². The van der Waals surface area contributed by atoms with Crippen molar-refractivity contribution >= 4 is 43.5 Å². The molecule has 0 aliphatic carbocycles. The predicted molar refractivity (Wildman–Crippen MR) is 89.0 cm³/mol. The topological polar surface area (TPSA) is 55.1 Å². The van der Waals surface area contributed by atoms with E-state index in [4.69, 9.17) is 5.73 Å². The van der Waals surface area contributed by atoms with Gasteiger partial charge >= 0.3 is 0 Å². The molecule has 0 aliphatic heterocycles. The number of anilines is 1. The Morgan fingerprint density at radius 2 is 1.80 bits per heavy atom. The van der Waals surface area contributed by atoms with Crippen LogP contribution in [-0.2, 0) is 6.42 Å². The van der Waals surface area contributed by atoms with Gasteiger partial charge in [-0.25, -0.2) is 0 Å². The Morgan fingerprint density at radius 3 is 2.45 bits per heavy atom. The molecule has 0 saturated heterocycles. The molecule has 0 radical (unpaired) electrons. The van der Waals surface area contributed by atoms with Crippen molar-refractivity contribution in [2.24, 2.45) is 5.73 Å². The van der Waals surface area contributed by atoms with Crippen LogP contribution in [0.25, 0.3) is 0 Å². The third-order valence-corrected chi connectivity index (χ3v) is 4.01. The lowest BCUT2D eigenvalue weighted by molar-refractivity contribution is 0.102. The third kappa shape index (κ3) is 3.91. The number of rotatable bonds is 4. The first-order chi connectivity index (χ1) is 9.60. The van der Waals surface area contributed by atoms with Crippen LogP contribution in [0.4, 0.5) is 5.69 Å². The maximum Gasteiger partial charge on any atom is 0.255 e. The van der Waals surface area contributed by atoms with Gasteiger partial charge in [0.25, 0.3) is 5.91 Å². The first-order valence-corrected chi connectivity index (χ1v) is 7.74. The van der Waals surface area contributed by atoms with Crippen LogP contribution in [0.1, 0.15) is 15.9 Å². The van der Waals surface area contributed by atoms with Gasteiger partial charge in [-0.2, -0.15) is 0 Å². The molecule has 0 saturated carbocycles. The molecule has 104 valence electrons. The van der Waals surface area contributed by atoms with Gasteiger partial charge in [-0.1, -0.05) is 28.1 Å². The zero-order valence-corrected chi connectivity index (χ0v) is 13.9. The highest BCUT2D eigenvalue weighted by atomic mass is 79.9. The summed E-state index contributed by atoms with van der Waals surface area (Å²) in [6.45, 7) is 0.608. The summed E-state index contributed by atoms with van der Waals surface area (Å²) in [4.78, 5) is 12.2. The van der Waals surface area contributed by atoms with Crippen LogP contribution in [0.2, 0.25) is 0 Å². The van der Waals surface area contributed by atoms with Crippen LogP contribution in [0.3, 0.4) is 0 Å². The van der Waals surface area contributed by atoms with Crippen LogP contribution < -0.4 is 11.1 Å². The number of nitrogens with one attached hydrogen (secondary N) is 1. The summed E-state index contributed by atoms with van der Waals surface area (Å²) in [5, 5.41) is 2.88. The summed E-state index contributed by atoms with van der Waals surface area (Å²) in [5.74, 6) is -0.136. The zero-order valence-electron chi connectivity index (χ0n) is 10.7. The summed E-state index contributed by atoms with van der Waals surface area (Å²) in [7, 11) is 0. The predicted octanol–water partition coefficient (Wildman–Crippen LogP) is 3.97. The van der Waals surface area contributed by atoms with Gasteiger partial charge in [-0.3, -0.25) is 4.79 Å². The quantitative estimate of drug-likeness (QED) is 0.820. The van der Waals surface area contributed by atoms with Gasteiger partial charge in [0.15, 0.2) is 0 Å². The van der Waals surface area contributed by atoms with Gasteiger partial charge in [0.1, 0.15) is 0 Å². The van der Waals surface area contributed by atoms with E-state index in [0.29, 0.717) is 12.1 Å². The van der Waals surface area contributed by atoms with E-state index in [1.807, 2.05) is 42.5 Å². The van der Waals surface area contributed by atoms with E-state index >= 15 is 0 Å². The van der Waals surface area contributed by atoms with Gasteiger partial charge in [0.05, 0.1) is 5.69 Å². The Bertz CT molecular complexity index is 612. The fourth-order valence-corrected chi connectivity index (χ4v) is 2.48. The molecular formula is C15H14Br2N2O. The van der Waals surface area contributed by atoms with E-state index in [1.54, 1.807) is 0 Å². The molecule has 0 atom stereocenters. The molecule has 1 amide bonds. The second-order valence-electron chi connectivity index (χ2n) is 4.31. The number of carbonyl (C=O) groups excluding carboxylic acids is 1. The molecule has 3 N–H and O–H groups in total. The Balaban J connectivity index is 2.13. The first kappa shape index (κ1) is 15.2. The maximum absolute atomic E-state index is 12.2. The first-order valence-electron chi connectivity index (χ1n) is 6.15. The average molecular weight is 398 g/mol. The van der Waals surface area contributed by atoms with Crippen LogP contribution in [0.15, 0.2) is 51.4 Å². The largest absolute Gasteiger partial charge is 0.330 e. The molecule has 2 rings (SSSR count). The number of carbonyl (C=O) groups is 1. The second-order valence-corrected chi connectivity index (χ2v) is 6.08. The van der Waals surface area contributed by atoms with Gasteiger partial charge in [0, 0.05) is 14.5 Å². The molecule has 20 heavy (non-hydrogen) atoms. The SMILES string of the molecule is NCCc1ccc(C(=O)Nc2cc(Br)ccc2Br)cc1. The van der Waals surface area contributed by atoms with Crippen molar-refractivity contribution in [2.45, 2.75) is 6.42 Å². The van der Waals surface area contributed by atoms with E-state index in [1.165, 1.54) is 0 Å². The van der Waals surface area contributed by atoms with E-state index in [0.717, 1.165) is 26.6 Å². The summed E-state index contributed by atoms with van der Waals surface area (Å²) in [6, 6.07) is 13.1. The highest BCUT2D eigenvalue weighted by molar-refractivity contribution is 9.11. The number of hydrogen-bond acceptors (Lipinski definition) is 2. The van der Waals surface area contributed by atoms with Crippen molar-refractivity contribution in [1.29, 1.82) is 0 Å². The lowest BCUT2D eigenvalue weighted by atomic mass is 10.1. The number of benzene rings is 2. The Labute approximate surface area is 134 Å². The minimum atomic E-state index is -0.136. The number of nitrogens with two attached hydrogens (primary N) is 1. The van der Waals surface area contributed by atoms with Crippen LogP contribution in [-0.4, -0.2) is 12.5 Å². The highest BCUT2D eigenvalue weighted by Crippen LogP contribution is 2.26. The zero-order chi connectivity index (χ0) is 14.5. The molecule has 0 unspecified atom stereocenters. The average Bonchev–Trinajstić information content (AvgIpc) is 2.44. The number of hydrogen-bond donors (Lipinski definition) is 2. The summed E-state index contributed by atoms with van der Waals surface area (Å²) in [6.07, 6.45) is 0.819. The maximum atomic E-state index is 12.2. The number of halogens is 2. The molecule has 0 bridgehead atoms. The van der Waals surface area contributed by atoms with Crippen molar-refractivity contribution in [3.63, 3.8) is 0 Å². The van der Waals surface area contributed by atoms with E-state index in [2.05, 4.69) is 37.2 Å². The van der Waals surface area contributed by atoms with Crippen molar-refractivity contribution in [2.75, 3.05) is 11.9 Å².